The van der Waals surface area contributed by atoms with E-state index in [1.165, 1.54) is 0 Å². The van der Waals surface area contributed by atoms with Gasteiger partial charge in [0, 0.05) is 25.5 Å². The van der Waals surface area contributed by atoms with Gasteiger partial charge < -0.3 is 14.2 Å². The fraction of sp³-hybridized carbons (Fsp3) is 0.714. The molecule has 0 amide bonds. The van der Waals surface area contributed by atoms with Crippen molar-refractivity contribution in [3.8, 4) is 0 Å². The highest BCUT2D eigenvalue weighted by molar-refractivity contribution is 5.86. The van der Waals surface area contributed by atoms with Crippen LogP contribution < -0.4 is 0 Å². The summed E-state index contributed by atoms with van der Waals surface area (Å²) in [4.78, 5) is 22.7. The third-order valence-electron chi connectivity index (χ3n) is 2.61. The molecule has 0 aromatic heterocycles. The standard InChI is InChI=1S/C14H24O5/c1-6-13(16)18-9-11(2)10-19-14(3,4)12(15)7-8-17-5/h6,11H,1,7-10H2,2-5H3. The molecular formula is C14H24O5. The molecule has 0 heterocycles. The van der Waals surface area contributed by atoms with Crippen LogP contribution in [-0.4, -0.2) is 44.3 Å². The summed E-state index contributed by atoms with van der Waals surface area (Å²) in [6.07, 6.45) is 1.44. The van der Waals surface area contributed by atoms with Crippen molar-refractivity contribution in [2.75, 3.05) is 26.9 Å². The maximum absolute atomic E-state index is 11.8. The van der Waals surface area contributed by atoms with Crippen LogP contribution in [-0.2, 0) is 23.8 Å². The van der Waals surface area contributed by atoms with Crippen molar-refractivity contribution in [1.82, 2.24) is 0 Å². The molecule has 0 aliphatic heterocycles. The second-order valence-corrected chi connectivity index (χ2v) is 4.93. The van der Waals surface area contributed by atoms with E-state index in [1.54, 1.807) is 21.0 Å². The summed E-state index contributed by atoms with van der Waals surface area (Å²) in [5.74, 6) is -0.453. The van der Waals surface area contributed by atoms with Crippen molar-refractivity contribution in [3.63, 3.8) is 0 Å². The summed E-state index contributed by atoms with van der Waals surface area (Å²) in [6, 6.07) is 0. The molecule has 1 atom stereocenters. The Bertz CT molecular complexity index is 309. The molecule has 0 saturated heterocycles. The first kappa shape index (κ1) is 17.8. The highest BCUT2D eigenvalue weighted by atomic mass is 16.5. The quantitative estimate of drug-likeness (QED) is 0.448. The van der Waals surface area contributed by atoms with Crippen molar-refractivity contribution in [2.24, 2.45) is 5.92 Å². The Morgan fingerprint density at radius 2 is 1.95 bits per heavy atom. The molecule has 0 spiro atoms. The second-order valence-electron chi connectivity index (χ2n) is 4.93. The average molecular weight is 272 g/mol. The molecule has 0 aromatic carbocycles. The Morgan fingerprint density at radius 3 is 2.47 bits per heavy atom. The number of hydrogen-bond donors (Lipinski definition) is 0. The van der Waals surface area contributed by atoms with Gasteiger partial charge in [-0.05, 0) is 13.8 Å². The molecule has 0 bridgehead atoms. The number of Topliss-reactive ketones (excluding diaryl/α,β-unsaturated/α-hetero) is 1. The molecule has 0 radical (unpaired) electrons. The van der Waals surface area contributed by atoms with E-state index in [0.717, 1.165) is 6.08 Å². The molecule has 0 aliphatic carbocycles. The van der Waals surface area contributed by atoms with E-state index in [9.17, 15) is 9.59 Å². The number of rotatable bonds is 10. The van der Waals surface area contributed by atoms with E-state index in [1.807, 2.05) is 6.92 Å². The smallest absolute Gasteiger partial charge is 0.330 e. The van der Waals surface area contributed by atoms with Crippen LogP contribution in [0.4, 0.5) is 0 Å². The molecule has 110 valence electrons. The lowest BCUT2D eigenvalue weighted by Gasteiger charge is -2.25. The van der Waals surface area contributed by atoms with Gasteiger partial charge in [0.05, 0.1) is 19.8 Å². The molecule has 1 unspecified atom stereocenters. The fourth-order valence-corrected chi connectivity index (χ4v) is 1.26. The van der Waals surface area contributed by atoms with Crippen molar-refractivity contribution >= 4 is 11.8 Å². The highest BCUT2D eigenvalue weighted by Gasteiger charge is 2.28. The van der Waals surface area contributed by atoms with Gasteiger partial charge in [0.2, 0.25) is 0 Å². The Balaban J connectivity index is 4.04. The molecule has 0 aliphatic rings. The van der Waals surface area contributed by atoms with Gasteiger partial charge in [0.15, 0.2) is 5.78 Å². The van der Waals surface area contributed by atoms with Crippen LogP contribution in [0.15, 0.2) is 12.7 Å². The molecule has 0 fully saturated rings. The van der Waals surface area contributed by atoms with Gasteiger partial charge >= 0.3 is 5.97 Å². The summed E-state index contributed by atoms with van der Waals surface area (Å²) >= 11 is 0. The van der Waals surface area contributed by atoms with Gasteiger partial charge in [-0.15, -0.1) is 0 Å². The SMILES string of the molecule is C=CC(=O)OCC(C)COC(C)(C)C(=O)CCOC. The van der Waals surface area contributed by atoms with E-state index >= 15 is 0 Å². The number of methoxy groups -OCH3 is 1. The molecule has 0 aromatic rings. The van der Waals surface area contributed by atoms with Gasteiger partial charge in [-0.1, -0.05) is 13.5 Å². The topological polar surface area (TPSA) is 61.8 Å². The minimum atomic E-state index is -0.852. The van der Waals surface area contributed by atoms with Crippen molar-refractivity contribution in [3.05, 3.63) is 12.7 Å². The average Bonchev–Trinajstić information content (AvgIpc) is 2.39. The van der Waals surface area contributed by atoms with Gasteiger partial charge in [-0.3, -0.25) is 4.79 Å². The number of esters is 1. The van der Waals surface area contributed by atoms with Crippen LogP contribution in [0.25, 0.3) is 0 Å². The number of carbonyl (C=O) groups excluding carboxylic acids is 2. The summed E-state index contributed by atoms with van der Waals surface area (Å²) in [6.45, 7) is 9.63. The maximum Gasteiger partial charge on any atom is 0.330 e. The van der Waals surface area contributed by atoms with E-state index < -0.39 is 11.6 Å². The van der Waals surface area contributed by atoms with Crippen molar-refractivity contribution in [2.45, 2.75) is 32.8 Å². The fourth-order valence-electron chi connectivity index (χ4n) is 1.26. The summed E-state index contributed by atoms with van der Waals surface area (Å²) in [5.41, 5.74) is -0.852. The maximum atomic E-state index is 11.8. The van der Waals surface area contributed by atoms with E-state index in [2.05, 4.69) is 6.58 Å². The first-order chi connectivity index (χ1) is 8.83. The predicted molar refractivity (Wildman–Crippen MR) is 71.9 cm³/mol. The van der Waals surface area contributed by atoms with Gasteiger partial charge in [-0.2, -0.15) is 0 Å². The zero-order valence-corrected chi connectivity index (χ0v) is 12.2. The second kappa shape index (κ2) is 8.82. The van der Waals surface area contributed by atoms with Crippen LogP contribution in [0.3, 0.4) is 0 Å². The van der Waals surface area contributed by atoms with E-state index in [-0.39, 0.29) is 18.3 Å². The monoisotopic (exact) mass is 272 g/mol. The number of hydrogen-bond acceptors (Lipinski definition) is 5. The van der Waals surface area contributed by atoms with Crippen molar-refractivity contribution < 1.29 is 23.8 Å². The van der Waals surface area contributed by atoms with Gasteiger partial charge in [0.1, 0.15) is 5.60 Å². The Hall–Kier alpha value is -1.20. The predicted octanol–water partition coefficient (Wildman–Crippen LogP) is 1.75. The largest absolute Gasteiger partial charge is 0.462 e. The lowest BCUT2D eigenvalue weighted by atomic mass is 10.0. The lowest BCUT2D eigenvalue weighted by molar-refractivity contribution is -0.146. The van der Waals surface area contributed by atoms with Crippen LogP contribution in [0.1, 0.15) is 27.2 Å². The summed E-state index contributed by atoms with van der Waals surface area (Å²) in [5, 5.41) is 0. The van der Waals surface area contributed by atoms with Gasteiger partial charge in [-0.25, -0.2) is 4.79 Å². The number of carbonyl (C=O) groups is 2. The molecular weight excluding hydrogens is 248 g/mol. The zero-order valence-electron chi connectivity index (χ0n) is 12.2. The number of ether oxygens (including phenoxy) is 3. The summed E-state index contributed by atoms with van der Waals surface area (Å²) in [7, 11) is 1.55. The van der Waals surface area contributed by atoms with Crippen LogP contribution >= 0.6 is 0 Å². The molecule has 5 heteroatoms. The third-order valence-corrected chi connectivity index (χ3v) is 2.61. The molecule has 0 saturated carbocycles. The van der Waals surface area contributed by atoms with Gasteiger partial charge in [0.25, 0.3) is 0 Å². The van der Waals surface area contributed by atoms with Crippen molar-refractivity contribution in [1.29, 1.82) is 0 Å². The Labute approximate surface area is 114 Å². The lowest BCUT2D eigenvalue weighted by Crippen LogP contribution is -2.37. The Kier molecular flexibility index (Phi) is 8.27. The van der Waals surface area contributed by atoms with Crippen LogP contribution in [0.2, 0.25) is 0 Å². The Morgan fingerprint density at radius 1 is 1.32 bits per heavy atom. The first-order valence-electron chi connectivity index (χ1n) is 6.29. The first-order valence-corrected chi connectivity index (χ1v) is 6.29. The molecule has 19 heavy (non-hydrogen) atoms. The molecule has 5 nitrogen and oxygen atoms in total. The molecule has 0 N–H and O–H groups in total. The van der Waals surface area contributed by atoms with E-state index in [4.69, 9.17) is 14.2 Å². The zero-order chi connectivity index (χ0) is 14.9. The van der Waals surface area contributed by atoms with Crippen LogP contribution in [0, 0.1) is 5.92 Å². The van der Waals surface area contributed by atoms with E-state index in [0.29, 0.717) is 19.6 Å². The minimum absolute atomic E-state index is 0.00960. The highest BCUT2D eigenvalue weighted by Crippen LogP contribution is 2.15. The minimum Gasteiger partial charge on any atom is -0.462 e. The number of ketones is 1. The summed E-state index contributed by atoms with van der Waals surface area (Å²) < 4.78 is 15.4. The third kappa shape index (κ3) is 7.74. The molecule has 0 rings (SSSR count). The normalized spacial score (nSPS) is 12.8. The van der Waals surface area contributed by atoms with Crippen LogP contribution in [0.5, 0.6) is 0 Å².